The van der Waals surface area contributed by atoms with Gasteiger partial charge in [-0.3, -0.25) is 0 Å². The average molecular weight is 335 g/mol. The van der Waals surface area contributed by atoms with Crippen LogP contribution in [0, 0.1) is 0 Å². The van der Waals surface area contributed by atoms with Crippen molar-refractivity contribution >= 4 is 31.9 Å². The minimum absolute atomic E-state index is 0.0873. The molecule has 1 rings (SSSR count). The number of rotatable bonds is 3. The molecule has 4 heteroatoms. The van der Waals surface area contributed by atoms with Gasteiger partial charge in [0, 0.05) is 6.04 Å². The molecule has 0 aromatic heterocycles. The normalized spacial score (nSPS) is 12.5. The third kappa shape index (κ3) is 3.33. The van der Waals surface area contributed by atoms with Gasteiger partial charge in [-0.1, -0.05) is 5.57 Å². The zero-order valence-electron chi connectivity index (χ0n) is 8.43. The van der Waals surface area contributed by atoms with Crippen LogP contribution in [0.4, 0.5) is 0 Å². The zero-order chi connectivity index (χ0) is 11.6. The van der Waals surface area contributed by atoms with Gasteiger partial charge >= 0.3 is 0 Å². The molecule has 0 aliphatic rings. The molecule has 0 heterocycles. The molecule has 0 aliphatic carbocycles. The van der Waals surface area contributed by atoms with Gasteiger partial charge < -0.3 is 10.8 Å². The van der Waals surface area contributed by atoms with Crippen LogP contribution in [0.2, 0.25) is 0 Å². The number of halogens is 2. The van der Waals surface area contributed by atoms with E-state index in [1.807, 2.05) is 19.1 Å². The Hall–Kier alpha value is -0.320. The Morgan fingerprint density at radius 3 is 2.33 bits per heavy atom. The maximum atomic E-state index is 9.54. The second kappa shape index (κ2) is 5.14. The SMILES string of the molecule is C=C(C)C[C@@H](N)c1cc(Br)c(O)c(Br)c1. The summed E-state index contributed by atoms with van der Waals surface area (Å²) in [5.74, 6) is 0.196. The lowest BCUT2D eigenvalue weighted by Crippen LogP contribution is -2.10. The van der Waals surface area contributed by atoms with Crippen molar-refractivity contribution in [1.82, 2.24) is 0 Å². The lowest BCUT2D eigenvalue weighted by Gasteiger charge is -2.13. The molecule has 1 atom stereocenters. The molecule has 0 saturated carbocycles. The molecule has 82 valence electrons. The van der Waals surface area contributed by atoms with E-state index in [2.05, 4.69) is 38.4 Å². The molecule has 3 N–H and O–H groups in total. The molecular weight excluding hydrogens is 322 g/mol. The van der Waals surface area contributed by atoms with Crippen molar-refractivity contribution in [3.05, 3.63) is 38.8 Å². The van der Waals surface area contributed by atoms with Crippen molar-refractivity contribution in [1.29, 1.82) is 0 Å². The standard InChI is InChI=1S/C11H13Br2NO/c1-6(2)3-10(14)7-4-8(12)11(15)9(13)5-7/h4-5,10,15H,1,3,14H2,2H3/t10-/m1/s1. The number of phenols is 1. The highest BCUT2D eigenvalue weighted by atomic mass is 79.9. The summed E-state index contributed by atoms with van der Waals surface area (Å²) in [6.45, 7) is 5.78. The van der Waals surface area contributed by atoms with Crippen molar-refractivity contribution in [2.45, 2.75) is 19.4 Å². The van der Waals surface area contributed by atoms with E-state index in [1.165, 1.54) is 0 Å². The third-order valence-corrected chi connectivity index (χ3v) is 3.24. The summed E-state index contributed by atoms with van der Waals surface area (Å²) in [7, 11) is 0. The number of phenolic OH excluding ortho intramolecular Hbond substituents is 1. The largest absolute Gasteiger partial charge is 0.506 e. The quantitative estimate of drug-likeness (QED) is 0.824. The summed E-state index contributed by atoms with van der Waals surface area (Å²) < 4.78 is 1.29. The molecule has 0 radical (unpaired) electrons. The molecule has 1 aromatic rings. The molecule has 0 saturated heterocycles. The summed E-state index contributed by atoms with van der Waals surface area (Å²) in [4.78, 5) is 0. The first kappa shape index (κ1) is 12.7. The van der Waals surface area contributed by atoms with Crippen LogP contribution in [0.5, 0.6) is 5.75 Å². The Kier molecular flexibility index (Phi) is 4.37. The minimum Gasteiger partial charge on any atom is -0.506 e. The monoisotopic (exact) mass is 333 g/mol. The Morgan fingerprint density at radius 1 is 1.47 bits per heavy atom. The molecule has 2 nitrogen and oxygen atoms in total. The third-order valence-electron chi connectivity index (χ3n) is 2.04. The van der Waals surface area contributed by atoms with Crippen molar-refractivity contribution in [2.24, 2.45) is 5.73 Å². The Morgan fingerprint density at radius 2 is 1.93 bits per heavy atom. The number of nitrogens with two attached hydrogens (primary N) is 1. The molecule has 0 bridgehead atoms. The van der Waals surface area contributed by atoms with Crippen LogP contribution >= 0.6 is 31.9 Å². The molecular formula is C11H13Br2NO. The van der Waals surface area contributed by atoms with E-state index >= 15 is 0 Å². The van der Waals surface area contributed by atoms with Gasteiger partial charge in [0.2, 0.25) is 0 Å². The summed E-state index contributed by atoms with van der Waals surface area (Å²) in [6, 6.07) is 3.57. The van der Waals surface area contributed by atoms with Crippen LogP contribution < -0.4 is 5.73 Å². The van der Waals surface area contributed by atoms with Crippen molar-refractivity contribution in [3.63, 3.8) is 0 Å². The van der Waals surface area contributed by atoms with E-state index in [9.17, 15) is 5.11 Å². The maximum Gasteiger partial charge on any atom is 0.143 e. The number of hydrogen-bond acceptors (Lipinski definition) is 2. The van der Waals surface area contributed by atoms with E-state index in [0.29, 0.717) is 8.95 Å². The molecule has 15 heavy (non-hydrogen) atoms. The fourth-order valence-corrected chi connectivity index (χ4v) is 2.51. The molecule has 0 aliphatic heterocycles. The van der Waals surface area contributed by atoms with E-state index in [-0.39, 0.29) is 11.8 Å². The molecule has 0 fully saturated rings. The average Bonchev–Trinajstić information content (AvgIpc) is 2.12. The van der Waals surface area contributed by atoms with Gasteiger partial charge in [-0.15, -0.1) is 6.58 Å². The Labute approximate surface area is 106 Å². The lowest BCUT2D eigenvalue weighted by atomic mass is 10.0. The second-order valence-corrected chi connectivity index (χ2v) is 5.31. The highest BCUT2D eigenvalue weighted by Gasteiger charge is 2.11. The van der Waals surface area contributed by atoms with Gasteiger partial charge in [-0.2, -0.15) is 0 Å². The van der Waals surface area contributed by atoms with E-state index < -0.39 is 0 Å². The predicted octanol–water partition coefficient (Wildman–Crippen LogP) is 3.88. The van der Waals surface area contributed by atoms with Crippen molar-refractivity contribution < 1.29 is 5.11 Å². The first-order valence-corrected chi connectivity index (χ1v) is 6.08. The van der Waals surface area contributed by atoms with Crippen LogP contribution in [0.15, 0.2) is 33.2 Å². The molecule has 0 amide bonds. The summed E-state index contributed by atoms with van der Waals surface area (Å²) >= 11 is 6.55. The van der Waals surface area contributed by atoms with E-state index in [1.54, 1.807) is 0 Å². The zero-order valence-corrected chi connectivity index (χ0v) is 11.6. The van der Waals surface area contributed by atoms with Gasteiger partial charge in [0.05, 0.1) is 8.95 Å². The van der Waals surface area contributed by atoms with Gasteiger partial charge in [0.15, 0.2) is 0 Å². The topological polar surface area (TPSA) is 46.2 Å². The Bertz CT molecular complexity index is 367. The Balaban J connectivity index is 3.00. The first-order chi connectivity index (χ1) is 6.91. The first-order valence-electron chi connectivity index (χ1n) is 4.49. The summed E-state index contributed by atoms with van der Waals surface area (Å²) in [5.41, 5.74) is 8.01. The van der Waals surface area contributed by atoms with E-state index in [0.717, 1.165) is 17.6 Å². The smallest absolute Gasteiger partial charge is 0.143 e. The summed E-state index contributed by atoms with van der Waals surface area (Å²) in [5, 5.41) is 9.54. The van der Waals surface area contributed by atoms with Crippen LogP contribution in [-0.2, 0) is 0 Å². The van der Waals surface area contributed by atoms with Crippen molar-refractivity contribution in [3.8, 4) is 5.75 Å². The number of benzene rings is 1. The lowest BCUT2D eigenvalue weighted by molar-refractivity contribution is 0.468. The van der Waals surface area contributed by atoms with Crippen LogP contribution in [-0.4, -0.2) is 5.11 Å². The highest BCUT2D eigenvalue weighted by molar-refractivity contribution is 9.11. The van der Waals surface area contributed by atoms with Crippen LogP contribution in [0.25, 0.3) is 0 Å². The van der Waals surface area contributed by atoms with E-state index in [4.69, 9.17) is 5.73 Å². The second-order valence-electron chi connectivity index (χ2n) is 3.60. The highest BCUT2D eigenvalue weighted by Crippen LogP contribution is 2.35. The van der Waals surface area contributed by atoms with Crippen LogP contribution in [0.3, 0.4) is 0 Å². The van der Waals surface area contributed by atoms with Crippen molar-refractivity contribution in [2.75, 3.05) is 0 Å². The molecule has 1 aromatic carbocycles. The van der Waals surface area contributed by atoms with Crippen LogP contribution in [0.1, 0.15) is 24.9 Å². The number of aromatic hydroxyl groups is 1. The van der Waals surface area contributed by atoms with Gasteiger partial charge in [-0.25, -0.2) is 0 Å². The fraction of sp³-hybridized carbons (Fsp3) is 0.273. The fourth-order valence-electron chi connectivity index (χ4n) is 1.29. The minimum atomic E-state index is -0.0873. The maximum absolute atomic E-state index is 9.54. The molecule has 0 unspecified atom stereocenters. The molecule has 0 spiro atoms. The van der Waals surface area contributed by atoms with Gasteiger partial charge in [0.25, 0.3) is 0 Å². The van der Waals surface area contributed by atoms with Gasteiger partial charge in [-0.05, 0) is 62.9 Å². The number of hydrogen-bond donors (Lipinski definition) is 2. The summed E-state index contributed by atoms with van der Waals surface area (Å²) in [6.07, 6.45) is 0.740. The van der Waals surface area contributed by atoms with Gasteiger partial charge in [0.1, 0.15) is 5.75 Å². The predicted molar refractivity (Wildman–Crippen MR) is 69.9 cm³/mol.